The summed E-state index contributed by atoms with van der Waals surface area (Å²) >= 11 is 0. The molecule has 6 heteroatoms. The number of anilines is 1. The number of rotatable bonds is 4. The van der Waals surface area contributed by atoms with Gasteiger partial charge >= 0.3 is 0 Å². The lowest BCUT2D eigenvalue weighted by molar-refractivity contribution is 0.0729. The predicted molar refractivity (Wildman–Crippen MR) is 103 cm³/mol. The summed E-state index contributed by atoms with van der Waals surface area (Å²) in [4.78, 5) is 4.70. The lowest BCUT2D eigenvalue weighted by Crippen LogP contribution is -2.57. The van der Waals surface area contributed by atoms with Crippen molar-refractivity contribution in [2.24, 2.45) is 5.92 Å². The van der Waals surface area contributed by atoms with Crippen LogP contribution in [-0.4, -0.2) is 43.7 Å². The largest absolute Gasteiger partial charge is 0.493 e. The first kappa shape index (κ1) is 18.7. The minimum absolute atomic E-state index is 0.258. The molecule has 4 nitrogen and oxygen atoms in total. The molecule has 0 bridgehead atoms. The first-order valence-electron chi connectivity index (χ1n) is 9.69. The van der Waals surface area contributed by atoms with E-state index in [0.717, 1.165) is 44.7 Å². The number of benzene rings is 2. The molecular weight excluding hydrogens is 360 g/mol. The minimum atomic E-state index is -0.374. The molecule has 2 heterocycles. The molecule has 0 radical (unpaired) electrons. The molecule has 28 heavy (non-hydrogen) atoms. The molecule has 2 aromatic carbocycles. The Balaban J connectivity index is 1.33. The molecule has 146 valence electrons. The number of nitriles is 1. The maximum Gasteiger partial charge on any atom is 0.124 e. The highest BCUT2D eigenvalue weighted by molar-refractivity contribution is 5.59. The van der Waals surface area contributed by atoms with Gasteiger partial charge < -0.3 is 9.64 Å². The van der Waals surface area contributed by atoms with Crippen LogP contribution in [0.1, 0.15) is 18.4 Å². The summed E-state index contributed by atoms with van der Waals surface area (Å²) in [6.07, 6.45) is 2.14. The maximum absolute atomic E-state index is 13.4. The molecule has 0 aliphatic carbocycles. The van der Waals surface area contributed by atoms with Crippen LogP contribution >= 0.6 is 0 Å². The normalized spacial score (nSPS) is 22.4. The van der Waals surface area contributed by atoms with Crippen LogP contribution in [0.3, 0.4) is 0 Å². The Morgan fingerprint density at radius 3 is 2.57 bits per heavy atom. The van der Waals surface area contributed by atoms with E-state index in [-0.39, 0.29) is 11.6 Å². The first-order valence-corrected chi connectivity index (χ1v) is 9.69. The molecular formula is C22H23F2N3O. The summed E-state index contributed by atoms with van der Waals surface area (Å²) in [5.74, 6) is 0.522. The second-order valence-electron chi connectivity index (χ2n) is 7.58. The molecule has 2 aliphatic rings. The van der Waals surface area contributed by atoms with Crippen LogP contribution in [0.15, 0.2) is 42.5 Å². The minimum Gasteiger partial charge on any atom is -0.493 e. The molecule has 0 aromatic heterocycles. The number of hydrogen-bond acceptors (Lipinski definition) is 4. The van der Waals surface area contributed by atoms with Gasteiger partial charge in [0.25, 0.3) is 0 Å². The third-order valence-corrected chi connectivity index (χ3v) is 5.72. The number of piperidine rings is 1. The molecule has 2 atom stereocenters. The Kier molecular flexibility index (Phi) is 5.45. The van der Waals surface area contributed by atoms with E-state index < -0.39 is 0 Å². The Bertz CT molecular complexity index is 865. The molecule has 0 spiro atoms. The smallest absolute Gasteiger partial charge is 0.124 e. The van der Waals surface area contributed by atoms with E-state index in [1.54, 1.807) is 18.2 Å². The van der Waals surface area contributed by atoms with Crippen LogP contribution in [0.4, 0.5) is 14.5 Å². The summed E-state index contributed by atoms with van der Waals surface area (Å²) in [5.41, 5.74) is 1.22. The van der Waals surface area contributed by atoms with Crippen molar-refractivity contribution >= 4 is 5.69 Å². The molecule has 0 saturated carbocycles. The summed E-state index contributed by atoms with van der Waals surface area (Å²) in [7, 11) is 0. The van der Waals surface area contributed by atoms with Crippen molar-refractivity contribution in [3.8, 4) is 11.8 Å². The summed E-state index contributed by atoms with van der Waals surface area (Å²) in [6, 6.07) is 13.1. The molecule has 4 rings (SSSR count). The second kappa shape index (κ2) is 8.15. The molecule has 0 N–H and O–H groups in total. The van der Waals surface area contributed by atoms with Crippen molar-refractivity contribution in [2.45, 2.75) is 18.9 Å². The Morgan fingerprint density at radius 1 is 1.00 bits per heavy atom. The van der Waals surface area contributed by atoms with Gasteiger partial charge in [-0.3, -0.25) is 4.90 Å². The number of piperazine rings is 1. The Hall–Kier alpha value is -2.65. The van der Waals surface area contributed by atoms with Gasteiger partial charge in [0, 0.05) is 38.1 Å². The zero-order valence-corrected chi connectivity index (χ0v) is 15.7. The standard InChI is InChI=1S/C22H23F2N3O/c23-18-2-6-21(7-3-18)28-15-16-1-5-20-14-27(10-9-26(20)13-16)22-8-4-19(24)11-17(22)12-25/h2-4,6-8,11,16,20H,1,5,9-10,13-15H2. The van der Waals surface area contributed by atoms with Gasteiger partial charge in [-0.2, -0.15) is 5.26 Å². The lowest BCUT2D eigenvalue weighted by Gasteiger charge is -2.47. The van der Waals surface area contributed by atoms with E-state index in [1.807, 2.05) is 0 Å². The second-order valence-corrected chi connectivity index (χ2v) is 7.58. The van der Waals surface area contributed by atoms with Crippen molar-refractivity contribution in [3.05, 3.63) is 59.7 Å². The topological polar surface area (TPSA) is 39.5 Å². The van der Waals surface area contributed by atoms with Crippen molar-refractivity contribution in [2.75, 3.05) is 37.7 Å². The molecule has 2 aliphatic heterocycles. The first-order chi connectivity index (χ1) is 13.6. The third kappa shape index (κ3) is 4.10. The van der Waals surface area contributed by atoms with Gasteiger partial charge in [0.15, 0.2) is 0 Å². The van der Waals surface area contributed by atoms with Crippen LogP contribution in [-0.2, 0) is 0 Å². The van der Waals surface area contributed by atoms with Gasteiger partial charge in [-0.1, -0.05) is 0 Å². The van der Waals surface area contributed by atoms with Crippen molar-refractivity contribution < 1.29 is 13.5 Å². The third-order valence-electron chi connectivity index (χ3n) is 5.72. The monoisotopic (exact) mass is 383 g/mol. The fraction of sp³-hybridized carbons (Fsp3) is 0.409. The summed E-state index contributed by atoms with van der Waals surface area (Å²) < 4.78 is 32.2. The SMILES string of the molecule is N#Cc1cc(F)ccc1N1CCN2CC(COc3ccc(F)cc3)CCC2C1. The van der Waals surface area contributed by atoms with Gasteiger partial charge in [0.2, 0.25) is 0 Å². The van der Waals surface area contributed by atoms with E-state index in [9.17, 15) is 14.0 Å². The van der Waals surface area contributed by atoms with E-state index >= 15 is 0 Å². The average molecular weight is 383 g/mol. The van der Waals surface area contributed by atoms with Crippen LogP contribution in [0.5, 0.6) is 5.75 Å². The zero-order chi connectivity index (χ0) is 19.5. The van der Waals surface area contributed by atoms with Crippen molar-refractivity contribution in [3.63, 3.8) is 0 Å². The maximum atomic E-state index is 13.4. The highest BCUT2D eigenvalue weighted by Crippen LogP contribution is 2.30. The molecule has 2 fully saturated rings. The van der Waals surface area contributed by atoms with E-state index in [0.29, 0.717) is 29.9 Å². The van der Waals surface area contributed by atoms with E-state index in [1.165, 1.54) is 24.3 Å². The number of hydrogen-bond donors (Lipinski definition) is 0. The highest BCUT2D eigenvalue weighted by Gasteiger charge is 2.33. The zero-order valence-electron chi connectivity index (χ0n) is 15.7. The quantitative estimate of drug-likeness (QED) is 0.805. The number of ether oxygens (including phenoxy) is 1. The van der Waals surface area contributed by atoms with Crippen molar-refractivity contribution in [1.29, 1.82) is 5.26 Å². The molecule has 2 aromatic rings. The predicted octanol–water partition coefficient (Wildman–Crippen LogP) is 3.82. The fourth-order valence-corrected chi connectivity index (χ4v) is 4.23. The van der Waals surface area contributed by atoms with Crippen LogP contribution in [0, 0.1) is 28.9 Å². The number of halogens is 2. The van der Waals surface area contributed by atoms with Gasteiger partial charge in [-0.25, -0.2) is 8.78 Å². The fourth-order valence-electron chi connectivity index (χ4n) is 4.23. The van der Waals surface area contributed by atoms with Crippen molar-refractivity contribution in [1.82, 2.24) is 4.90 Å². The van der Waals surface area contributed by atoms with Gasteiger partial charge in [0.05, 0.1) is 17.9 Å². The van der Waals surface area contributed by atoms with Gasteiger partial charge in [0.1, 0.15) is 23.5 Å². The summed E-state index contributed by atoms with van der Waals surface area (Å²) in [5, 5.41) is 9.32. The molecule has 0 amide bonds. The summed E-state index contributed by atoms with van der Waals surface area (Å²) in [6.45, 7) is 4.21. The number of fused-ring (bicyclic) bond motifs is 1. The van der Waals surface area contributed by atoms with E-state index in [2.05, 4.69) is 15.9 Å². The molecule has 2 saturated heterocycles. The van der Waals surface area contributed by atoms with Gasteiger partial charge in [-0.05, 0) is 55.3 Å². The molecule has 2 unspecified atom stereocenters. The van der Waals surface area contributed by atoms with E-state index in [4.69, 9.17) is 4.74 Å². The Labute approximate surface area is 163 Å². The van der Waals surface area contributed by atoms with Gasteiger partial charge in [-0.15, -0.1) is 0 Å². The van der Waals surface area contributed by atoms with Crippen LogP contribution in [0.25, 0.3) is 0 Å². The highest BCUT2D eigenvalue weighted by atomic mass is 19.1. The van der Waals surface area contributed by atoms with Crippen LogP contribution in [0.2, 0.25) is 0 Å². The average Bonchev–Trinajstić information content (AvgIpc) is 2.72. The van der Waals surface area contributed by atoms with Crippen LogP contribution < -0.4 is 9.64 Å². The lowest BCUT2D eigenvalue weighted by atomic mass is 9.91. The Morgan fingerprint density at radius 2 is 1.79 bits per heavy atom. The number of nitrogens with zero attached hydrogens (tertiary/aromatic N) is 3.